The van der Waals surface area contributed by atoms with Gasteiger partial charge in [0.1, 0.15) is 0 Å². The highest BCUT2D eigenvalue weighted by Gasteiger charge is 2.18. The molecular weight excluding hydrogens is 356 g/mol. The molecule has 0 bridgehead atoms. The zero-order valence-electron chi connectivity index (χ0n) is 14.7. The van der Waals surface area contributed by atoms with Gasteiger partial charge in [-0.1, -0.05) is 60.4 Å². The summed E-state index contributed by atoms with van der Waals surface area (Å²) < 4.78 is 5.76. The van der Waals surface area contributed by atoms with Crippen molar-refractivity contribution in [3.05, 3.63) is 35.9 Å². The molecule has 2 rings (SSSR count). The van der Waals surface area contributed by atoms with Crippen molar-refractivity contribution in [2.75, 3.05) is 32.1 Å². The molecule has 1 heterocycles. The Morgan fingerprint density at radius 2 is 2.04 bits per heavy atom. The molecule has 2 N–H and O–H groups in total. The number of carbonyl (C=O) groups is 1. The van der Waals surface area contributed by atoms with Gasteiger partial charge >= 0.3 is 0 Å². The number of thioether (sulfide) groups is 1. The normalized spacial score (nSPS) is 13.2. The predicted molar refractivity (Wildman–Crippen MR) is 103 cm³/mol. The van der Waals surface area contributed by atoms with Gasteiger partial charge in [-0.3, -0.25) is 4.79 Å². The minimum Gasteiger partial charge on any atom is -0.383 e. The maximum absolute atomic E-state index is 12.3. The molecule has 2 atom stereocenters. The summed E-state index contributed by atoms with van der Waals surface area (Å²) in [5.74, 6) is 0.289. The Hall–Kier alpha value is -1.64. The number of rotatable bonds is 10. The minimum absolute atomic E-state index is 0.0110. The molecule has 0 fully saturated rings. The molecule has 6 nitrogen and oxygen atoms in total. The van der Waals surface area contributed by atoms with Crippen LogP contribution in [0.2, 0.25) is 0 Å². The Bertz CT molecular complexity index is 651. The van der Waals surface area contributed by atoms with E-state index in [0.717, 1.165) is 9.47 Å². The Balaban J connectivity index is 1.76. The second-order valence-electron chi connectivity index (χ2n) is 5.61. The van der Waals surface area contributed by atoms with Gasteiger partial charge in [0.2, 0.25) is 11.0 Å². The monoisotopic (exact) mass is 380 g/mol. The molecule has 0 saturated carbocycles. The molecular formula is C17H24N4O2S2. The maximum Gasteiger partial charge on any atom is 0.233 e. The highest BCUT2D eigenvalue weighted by Crippen LogP contribution is 2.28. The smallest absolute Gasteiger partial charge is 0.233 e. The van der Waals surface area contributed by atoms with E-state index in [1.165, 1.54) is 28.7 Å². The van der Waals surface area contributed by atoms with Crippen molar-refractivity contribution in [1.82, 2.24) is 15.5 Å². The first-order valence-electron chi connectivity index (χ1n) is 8.15. The molecule has 8 heteroatoms. The van der Waals surface area contributed by atoms with E-state index in [1.807, 2.05) is 25.1 Å². The van der Waals surface area contributed by atoms with Crippen molar-refractivity contribution in [3.8, 4) is 0 Å². The SMILES string of the molecule is COCCNc1nnc(SC(C)C(=O)NCC(C)c2ccccc2)s1. The van der Waals surface area contributed by atoms with Gasteiger partial charge in [0.25, 0.3) is 0 Å². The number of hydrogen-bond donors (Lipinski definition) is 2. The van der Waals surface area contributed by atoms with Gasteiger partial charge in [0, 0.05) is 20.2 Å². The fourth-order valence-corrected chi connectivity index (χ4v) is 4.04. The van der Waals surface area contributed by atoms with Gasteiger partial charge in [0.15, 0.2) is 4.34 Å². The number of amides is 1. The third-order valence-electron chi connectivity index (χ3n) is 3.59. The first-order chi connectivity index (χ1) is 12.1. The zero-order valence-corrected chi connectivity index (χ0v) is 16.3. The van der Waals surface area contributed by atoms with Gasteiger partial charge in [-0.05, 0) is 18.4 Å². The third kappa shape index (κ3) is 6.64. The van der Waals surface area contributed by atoms with Gasteiger partial charge in [-0.25, -0.2) is 0 Å². The van der Waals surface area contributed by atoms with Crippen molar-refractivity contribution < 1.29 is 9.53 Å². The number of ether oxygens (including phenoxy) is 1. The van der Waals surface area contributed by atoms with Gasteiger partial charge in [-0.15, -0.1) is 10.2 Å². The van der Waals surface area contributed by atoms with Crippen LogP contribution in [-0.4, -0.2) is 48.2 Å². The molecule has 1 aromatic carbocycles. The summed E-state index contributed by atoms with van der Waals surface area (Å²) in [6.45, 7) is 5.90. The lowest BCUT2D eigenvalue weighted by Gasteiger charge is -2.15. The van der Waals surface area contributed by atoms with Crippen LogP contribution in [0, 0.1) is 0 Å². The summed E-state index contributed by atoms with van der Waals surface area (Å²) in [6, 6.07) is 10.2. The highest BCUT2D eigenvalue weighted by molar-refractivity contribution is 8.02. The number of methoxy groups -OCH3 is 1. The van der Waals surface area contributed by atoms with Gasteiger partial charge < -0.3 is 15.4 Å². The average molecular weight is 381 g/mol. The summed E-state index contributed by atoms with van der Waals surface area (Å²) in [5, 5.41) is 14.8. The second-order valence-corrected chi connectivity index (χ2v) is 8.18. The van der Waals surface area contributed by atoms with E-state index in [9.17, 15) is 4.79 Å². The van der Waals surface area contributed by atoms with Crippen molar-refractivity contribution in [1.29, 1.82) is 0 Å². The van der Waals surface area contributed by atoms with Crippen LogP contribution in [0.15, 0.2) is 34.7 Å². The van der Waals surface area contributed by atoms with E-state index in [-0.39, 0.29) is 17.1 Å². The third-order valence-corrected chi connectivity index (χ3v) is 5.65. The summed E-state index contributed by atoms with van der Waals surface area (Å²) in [5.41, 5.74) is 1.22. The van der Waals surface area contributed by atoms with Crippen molar-refractivity contribution >= 4 is 34.1 Å². The molecule has 0 radical (unpaired) electrons. The molecule has 25 heavy (non-hydrogen) atoms. The number of hydrogen-bond acceptors (Lipinski definition) is 7. The van der Waals surface area contributed by atoms with Crippen LogP contribution >= 0.6 is 23.1 Å². The standard InChI is InChI=1S/C17H24N4O2S2/c1-12(14-7-5-4-6-8-14)11-19-15(22)13(2)24-17-21-20-16(25-17)18-9-10-23-3/h4-8,12-13H,9-11H2,1-3H3,(H,18,20)(H,19,22). The molecule has 0 aliphatic carbocycles. The minimum atomic E-state index is -0.220. The van der Waals surface area contributed by atoms with Crippen LogP contribution in [-0.2, 0) is 9.53 Å². The Kier molecular flexibility index (Phi) is 8.17. The van der Waals surface area contributed by atoms with Gasteiger partial charge in [-0.2, -0.15) is 0 Å². The molecule has 0 aliphatic rings. The van der Waals surface area contributed by atoms with Crippen LogP contribution < -0.4 is 10.6 Å². The first kappa shape index (κ1) is 19.7. The van der Waals surface area contributed by atoms with Crippen LogP contribution in [0.5, 0.6) is 0 Å². The van der Waals surface area contributed by atoms with Crippen LogP contribution in [0.25, 0.3) is 0 Å². The van der Waals surface area contributed by atoms with Crippen molar-refractivity contribution in [2.45, 2.75) is 29.4 Å². The Labute approximate surface area is 156 Å². The van der Waals surface area contributed by atoms with Crippen molar-refractivity contribution in [2.24, 2.45) is 0 Å². The summed E-state index contributed by atoms with van der Waals surface area (Å²) >= 11 is 2.87. The topological polar surface area (TPSA) is 76.1 Å². The molecule has 0 spiro atoms. The lowest BCUT2D eigenvalue weighted by atomic mass is 10.0. The number of nitrogens with one attached hydrogen (secondary N) is 2. The van der Waals surface area contributed by atoms with Crippen LogP contribution in [0.3, 0.4) is 0 Å². The first-order valence-corrected chi connectivity index (χ1v) is 9.85. The fourth-order valence-electron chi connectivity index (χ4n) is 2.09. The number of aromatic nitrogens is 2. The quantitative estimate of drug-likeness (QED) is 0.487. The number of carbonyl (C=O) groups excluding carboxylic acids is 1. The molecule has 2 aromatic rings. The largest absolute Gasteiger partial charge is 0.383 e. The summed E-state index contributed by atoms with van der Waals surface area (Å²) in [4.78, 5) is 12.3. The second kappa shape index (κ2) is 10.4. The molecule has 1 amide bonds. The van der Waals surface area contributed by atoms with E-state index < -0.39 is 0 Å². The zero-order chi connectivity index (χ0) is 18.1. The molecule has 136 valence electrons. The fraction of sp³-hybridized carbons (Fsp3) is 0.471. The van der Waals surface area contributed by atoms with E-state index in [0.29, 0.717) is 19.7 Å². The number of benzene rings is 1. The lowest BCUT2D eigenvalue weighted by Crippen LogP contribution is -2.33. The Morgan fingerprint density at radius 3 is 2.76 bits per heavy atom. The molecule has 1 aromatic heterocycles. The van der Waals surface area contributed by atoms with E-state index in [4.69, 9.17) is 4.74 Å². The maximum atomic E-state index is 12.3. The van der Waals surface area contributed by atoms with E-state index in [1.54, 1.807) is 7.11 Å². The predicted octanol–water partition coefficient (Wildman–Crippen LogP) is 3.00. The van der Waals surface area contributed by atoms with E-state index >= 15 is 0 Å². The van der Waals surface area contributed by atoms with E-state index in [2.05, 4.69) is 39.9 Å². The summed E-state index contributed by atoms with van der Waals surface area (Å²) in [6.07, 6.45) is 0. The molecule has 2 unspecified atom stereocenters. The van der Waals surface area contributed by atoms with Crippen molar-refractivity contribution in [3.63, 3.8) is 0 Å². The lowest BCUT2D eigenvalue weighted by molar-refractivity contribution is -0.120. The number of anilines is 1. The molecule has 0 aliphatic heterocycles. The Morgan fingerprint density at radius 1 is 1.28 bits per heavy atom. The average Bonchev–Trinajstić information content (AvgIpc) is 3.07. The summed E-state index contributed by atoms with van der Waals surface area (Å²) in [7, 11) is 1.65. The molecule has 0 saturated heterocycles. The highest BCUT2D eigenvalue weighted by atomic mass is 32.2. The van der Waals surface area contributed by atoms with Crippen LogP contribution in [0.1, 0.15) is 25.3 Å². The number of nitrogens with zero attached hydrogens (tertiary/aromatic N) is 2. The van der Waals surface area contributed by atoms with Crippen LogP contribution in [0.4, 0.5) is 5.13 Å². The van der Waals surface area contributed by atoms with Gasteiger partial charge in [0.05, 0.1) is 11.9 Å².